The van der Waals surface area contributed by atoms with Gasteiger partial charge in [-0.05, 0) is 62.1 Å². The third kappa shape index (κ3) is 3.97. The molecule has 2 aromatic carbocycles. The summed E-state index contributed by atoms with van der Waals surface area (Å²) in [5.74, 6) is -0.0266. The molecular weight excluding hydrogens is 350 g/mol. The highest BCUT2D eigenvalue weighted by Crippen LogP contribution is 2.26. The van der Waals surface area contributed by atoms with Gasteiger partial charge in [0, 0.05) is 13.1 Å². The number of benzene rings is 2. The fraction of sp³-hybridized carbons (Fsp3) is 0.350. The van der Waals surface area contributed by atoms with Gasteiger partial charge in [0.25, 0.3) is 0 Å². The van der Waals surface area contributed by atoms with Crippen LogP contribution in [0.4, 0.5) is 0 Å². The first-order valence-corrected chi connectivity index (χ1v) is 10.2. The molecule has 1 aliphatic heterocycles. The molecule has 1 fully saturated rings. The van der Waals surface area contributed by atoms with Crippen molar-refractivity contribution in [1.29, 1.82) is 0 Å². The molecule has 0 atom stereocenters. The summed E-state index contributed by atoms with van der Waals surface area (Å²) < 4.78 is 32.2. The number of hydrogen-bond acceptors (Lipinski definition) is 4. The lowest BCUT2D eigenvalue weighted by Crippen LogP contribution is -2.41. The molecule has 0 bridgehead atoms. The topological polar surface area (TPSA) is 63.7 Å². The van der Waals surface area contributed by atoms with Crippen LogP contribution in [0.5, 0.6) is 5.75 Å². The number of piperidine rings is 1. The smallest absolute Gasteiger partial charge is 0.314 e. The molecule has 0 N–H and O–H groups in total. The Kier molecular flexibility index (Phi) is 5.44. The van der Waals surface area contributed by atoms with Crippen LogP contribution in [0, 0.1) is 19.8 Å². The Hall–Kier alpha value is -2.18. The van der Waals surface area contributed by atoms with Crippen molar-refractivity contribution in [3.05, 3.63) is 59.7 Å². The third-order valence-corrected chi connectivity index (χ3v) is 6.78. The second-order valence-corrected chi connectivity index (χ2v) is 8.60. The van der Waals surface area contributed by atoms with E-state index < -0.39 is 10.0 Å². The van der Waals surface area contributed by atoms with Crippen molar-refractivity contribution in [3.63, 3.8) is 0 Å². The molecule has 5 nitrogen and oxygen atoms in total. The van der Waals surface area contributed by atoms with E-state index in [1.165, 1.54) is 4.31 Å². The van der Waals surface area contributed by atoms with E-state index in [2.05, 4.69) is 0 Å². The Bertz CT molecular complexity index is 885. The van der Waals surface area contributed by atoms with Gasteiger partial charge in [-0.25, -0.2) is 8.42 Å². The van der Waals surface area contributed by atoms with Crippen LogP contribution in [0.1, 0.15) is 24.0 Å². The molecule has 0 amide bonds. The maximum absolute atomic E-state index is 12.6. The van der Waals surface area contributed by atoms with Crippen LogP contribution in [0.25, 0.3) is 0 Å². The molecule has 1 saturated heterocycles. The minimum absolute atomic E-state index is 0.279. The standard InChI is InChI=1S/C20H23NO4S/c1-15-8-9-18(14-16(15)2)25-20(22)17-10-12-21(13-11-17)26(23,24)19-6-4-3-5-7-19/h3-9,14,17H,10-13H2,1-2H3. The van der Waals surface area contributed by atoms with Gasteiger partial charge in [0.2, 0.25) is 10.0 Å². The normalized spacial score (nSPS) is 16.4. The van der Waals surface area contributed by atoms with Crippen molar-refractivity contribution in [2.75, 3.05) is 13.1 Å². The average Bonchev–Trinajstić information content (AvgIpc) is 2.65. The van der Waals surface area contributed by atoms with Crippen molar-refractivity contribution in [2.24, 2.45) is 5.92 Å². The molecule has 0 spiro atoms. The number of sulfonamides is 1. The van der Waals surface area contributed by atoms with Gasteiger partial charge in [0.05, 0.1) is 10.8 Å². The fourth-order valence-corrected chi connectivity index (χ4v) is 4.54. The Morgan fingerprint density at radius 1 is 1.00 bits per heavy atom. The van der Waals surface area contributed by atoms with Crippen LogP contribution in [0.2, 0.25) is 0 Å². The average molecular weight is 373 g/mol. The summed E-state index contributed by atoms with van der Waals surface area (Å²) in [6, 6.07) is 13.9. The first-order valence-electron chi connectivity index (χ1n) is 8.72. The predicted octanol–water partition coefficient (Wildman–Crippen LogP) is 3.31. The number of carbonyl (C=O) groups excluding carboxylic acids is 1. The van der Waals surface area contributed by atoms with Gasteiger partial charge in [-0.1, -0.05) is 24.3 Å². The van der Waals surface area contributed by atoms with Gasteiger partial charge in [0.1, 0.15) is 5.75 Å². The number of hydrogen-bond donors (Lipinski definition) is 0. The summed E-state index contributed by atoms with van der Waals surface area (Å²) in [5, 5.41) is 0. The first-order chi connectivity index (χ1) is 12.4. The second-order valence-electron chi connectivity index (χ2n) is 6.66. The van der Waals surface area contributed by atoms with Crippen molar-refractivity contribution in [2.45, 2.75) is 31.6 Å². The van der Waals surface area contributed by atoms with Crippen LogP contribution in [0.15, 0.2) is 53.4 Å². The van der Waals surface area contributed by atoms with E-state index >= 15 is 0 Å². The van der Waals surface area contributed by atoms with Gasteiger partial charge in [-0.2, -0.15) is 4.31 Å². The summed E-state index contributed by atoms with van der Waals surface area (Å²) in [6.07, 6.45) is 0.936. The second kappa shape index (κ2) is 7.60. The quantitative estimate of drug-likeness (QED) is 0.609. The molecule has 0 radical (unpaired) electrons. The van der Waals surface area contributed by atoms with Gasteiger partial charge < -0.3 is 4.74 Å². The van der Waals surface area contributed by atoms with Crippen molar-refractivity contribution >= 4 is 16.0 Å². The minimum atomic E-state index is -3.50. The summed E-state index contributed by atoms with van der Waals surface area (Å²) >= 11 is 0. The highest BCUT2D eigenvalue weighted by Gasteiger charge is 2.32. The third-order valence-electron chi connectivity index (χ3n) is 4.87. The van der Waals surface area contributed by atoms with Crippen LogP contribution in [-0.2, 0) is 14.8 Å². The van der Waals surface area contributed by atoms with Crippen molar-refractivity contribution in [3.8, 4) is 5.75 Å². The highest BCUT2D eigenvalue weighted by molar-refractivity contribution is 7.89. The lowest BCUT2D eigenvalue weighted by atomic mass is 9.98. The zero-order valence-corrected chi connectivity index (χ0v) is 15.8. The molecule has 6 heteroatoms. The predicted molar refractivity (Wildman–Crippen MR) is 99.5 cm³/mol. The lowest BCUT2D eigenvalue weighted by Gasteiger charge is -2.30. The largest absolute Gasteiger partial charge is 0.426 e. The van der Waals surface area contributed by atoms with Crippen molar-refractivity contribution in [1.82, 2.24) is 4.31 Å². The van der Waals surface area contributed by atoms with E-state index in [0.717, 1.165) is 11.1 Å². The highest BCUT2D eigenvalue weighted by atomic mass is 32.2. The number of esters is 1. The summed E-state index contributed by atoms with van der Waals surface area (Å²) in [6.45, 7) is 4.62. The molecule has 138 valence electrons. The lowest BCUT2D eigenvalue weighted by molar-refractivity contribution is -0.140. The Morgan fingerprint density at radius 2 is 1.65 bits per heavy atom. The maximum atomic E-state index is 12.6. The van der Waals surface area contributed by atoms with Gasteiger partial charge >= 0.3 is 5.97 Å². The summed E-state index contributed by atoms with van der Waals surface area (Å²) in [5.41, 5.74) is 2.21. The Labute approximate surface area is 154 Å². The maximum Gasteiger partial charge on any atom is 0.314 e. The monoisotopic (exact) mass is 373 g/mol. The van der Waals surface area contributed by atoms with Crippen molar-refractivity contribution < 1.29 is 17.9 Å². The molecule has 0 aliphatic carbocycles. The van der Waals surface area contributed by atoms with Crippen LogP contribution < -0.4 is 4.74 Å². The van der Waals surface area contributed by atoms with Gasteiger partial charge in [-0.15, -0.1) is 0 Å². The number of rotatable bonds is 4. The molecular formula is C20H23NO4S. The van der Waals surface area contributed by atoms with E-state index in [9.17, 15) is 13.2 Å². The SMILES string of the molecule is Cc1ccc(OC(=O)C2CCN(S(=O)(=O)c3ccccc3)CC2)cc1C. The minimum Gasteiger partial charge on any atom is -0.426 e. The first kappa shape index (κ1) is 18.6. The molecule has 0 aromatic heterocycles. The molecule has 1 heterocycles. The van der Waals surface area contributed by atoms with E-state index in [0.29, 0.717) is 31.7 Å². The number of nitrogens with zero attached hydrogens (tertiary/aromatic N) is 1. The van der Waals surface area contributed by atoms with Crippen LogP contribution in [-0.4, -0.2) is 31.8 Å². The zero-order valence-electron chi connectivity index (χ0n) is 15.0. The van der Waals surface area contributed by atoms with E-state index in [4.69, 9.17) is 4.74 Å². The van der Waals surface area contributed by atoms with Gasteiger partial charge in [0.15, 0.2) is 0 Å². The zero-order chi connectivity index (χ0) is 18.7. The fourth-order valence-electron chi connectivity index (χ4n) is 3.05. The Morgan fingerprint density at radius 3 is 2.27 bits per heavy atom. The number of aryl methyl sites for hydroxylation is 2. The van der Waals surface area contributed by atoms with E-state index in [1.807, 2.05) is 26.0 Å². The summed E-state index contributed by atoms with van der Waals surface area (Å²) in [7, 11) is -3.50. The number of ether oxygens (including phenoxy) is 1. The molecule has 26 heavy (non-hydrogen) atoms. The van der Waals surface area contributed by atoms with E-state index in [-0.39, 0.29) is 16.8 Å². The van der Waals surface area contributed by atoms with Crippen LogP contribution in [0.3, 0.4) is 0 Å². The Balaban J connectivity index is 1.61. The number of carbonyl (C=O) groups is 1. The van der Waals surface area contributed by atoms with Crippen LogP contribution >= 0.6 is 0 Å². The van der Waals surface area contributed by atoms with Gasteiger partial charge in [-0.3, -0.25) is 4.79 Å². The van der Waals surface area contributed by atoms with E-state index in [1.54, 1.807) is 36.4 Å². The summed E-state index contributed by atoms with van der Waals surface area (Å²) in [4.78, 5) is 12.7. The molecule has 0 saturated carbocycles. The molecule has 0 unspecified atom stereocenters. The molecule has 3 rings (SSSR count). The molecule has 1 aliphatic rings. The molecule has 2 aromatic rings.